The van der Waals surface area contributed by atoms with Gasteiger partial charge in [0, 0.05) is 24.7 Å². The Hall–Kier alpha value is -1.65. The monoisotopic (exact) mass is 268 g/mol. The van der Waals surface area contributed by atoms with Crippen LogP contribution in [0, 0.1) is 11.6 Å². The second kappa shape index (κ2) is 5.99. The molecule has 1 fully saturated rings. The van der Waals surface area contributed by atoms with Crippen LogP contribution in [0.4, 0.5) is 13.6 Å². The molecule has 0 saturated carbocycles. The summed E-state index contributed by atoms with van der Waals surface area (Å²) in [5.74, 6) is -1.01. The fourth-order valence-electron chi connectivity index (χ4n) is 2.35. The van der Waals surface area contributed by atoms with Crippen LogP contribution in [0.1, 0.15) is 31.7 Å². The number of nitrogens with zero attached hydrogens (tertiary/aromatic N) is 1. The lowest BCUT2D eigenvalue weighted by Crippen LogP contribution is -2.47. The Kier molecular flexibility index (Phi) is 4.35. The SMILES string of the molecule is CC1CCCCN1C(=O)NCc1cc(F)ccc1F. The number of rotatable bonds is 2. The van der Waals surface area contributed by atoms with Crippen molar-refractivity contribution in [2.75, 3.05) is 6.54 Å². The summed E-state index contributed by atoms with van der Waals surface area (Å²) < 4.78 is 26.4. The van der Waals surface area contributed by atoms with Crippen LogP contribution in [0.15, 0.2) is 18.2 Å². The van der Waals surface area contributed by atoms with Crippen molar-refractivity contribution in [2.24, 2.45) is 0 Å². The highest BCUT2D eigenvalue weighted by Crippen LogP contribution is 2.16. The molecule has 2 rings (SSSR count). The van der Waals surface area contributed by atoms with Crippen LogP contribution in [0.25, 0.3) is 0 Å². The van der Waals surface area contributed by atoms with Gasteiger partial charge < -0.3 is 10.2 Å². The molecule has 5 heteroatoms. The van der Waals surface area contributed by atoms with Crippen molar-refractivity contribution in [3.8, 4) is 0 Å². The van der Waals surface area contributed by atoms with Gasteiger partial charge in [0.05, 0.1) is 0 Å². The maximum atomic E-state index is 13.4. The van der Waals surface area contributed by atoms with Crippen molar-refractivity contribution in [2.45, 2.75) is 38.8 Å². The molecule has 1 N–H and O–H groups in total. The summed E-state index contributed by atoms with van der Waals surface area (Å²) in [6, 6.07) is 3.23. The van der Waals surface area contributed by atoms with Gasteiger partial charge in [0.2, 0.25) is 0 Å². The van der Waals surface area contributed by atoms with Gasteiger partial charge in [-0.15, -0.1) is 0 Å². The fourth-order valence-corrected chi connectivity index (χ4v) is 2.35. The summed E-state index contributed by atoms with van der Waals surface area (Å²) in [6.07, 6.45) is 3.11. The number of halogens is 2. The average Bonchev–Trinajstić information content (AvgIpc) is 2.40. The van der Waals surface area contributed by atoms with Crippen LogP contribution in [-0.4, -0.2) is 23.5 Å². The second-order valence-corrected chi connectivity index (χ2v) is 4.93. The van der Waals surface area contributed by atoms with E-state index in [-0.39, 0.29) is 24.2 Å². The van der Waals surface area contributed by atoms with E-state index in [0.29, 0.717) is 0 Å². The van der Waals surface area contributed by atoms with E-state index in [1.807, 2.05) is 6.92 Å². The van der Waals surface area contributed by atoms with Gasteiger partial charge in [-0.3, -0.25) is 0 Å². The van der Waals surface area contributed by atoms with Crippen LogP contribution in [0.3, 0.4) is 0 Å². The van der Waals surface area contributed by atoms with Gasteiger partial charge in [0.25, 0.3) is 0 Å². The molecule has 1 aromatic carbocycles. The van der Waals surface area contributed by atoms with E-state index in [0.717, 1.165) is 44.0 Å². The predicted octanol–water partition coefficient (Wildman–Crippen LogP) is 3.05. The molecule has 104 valence electrons. The lowest BCUT2D eigenvalue weighted by Gasteiger charge is -2.33. The predicted molar refractivity (Wildman–Crippen MR) is 68.6 cm³/mol. The Morgan fingerprint density at radius 3 is 2.95 bits per heavy atom. The van der Waals surface area contributed by atoms with Crippen LogP contribution in [0.5, 0.6) is 0 Å². The molecule has 1 saturated heterocycles. The number of carbonyl (C=O) groups is 1. The summed E-state index contributed by atoms with van der Waals surface area (Å²) in [4.78, 5) is 13.7. The second-order valence-electron chi connectivity index (χ2n) is 4.93. The van der Waals surface area contributed by atoms with E-state index < -0.39 is 11.6 Å². The van der Waals surface area contributed by atoms with Crippen molar-refractivity contribution in [3.05, 3.63) is 35.4 Å². The zero-order chi connectivity index (χ0) is 13.8. The molecule has 1 atom stereocenters. The zero-order valence-corrected chi connectivity index (χ0v) is 11.0. The molecule has 0 radical (unpaired) electrons. The number of urea groups is 1. The van der Waals surface area contributed by atoms with Gasteiger partial charge in [-0.1, -0.05) is 0 Å². The lowest BCUT2D eigenvalue weighted by atomic mass is 10.0. The highest BCUT2D eigenvalue weighted by molar-refractivity contribution is 5.74. The van der Waals surface area contributed by atoms with Crippen molar-refractivity contribution in [3.63, 3.8) is 0 Å². The summed E-state index contributed by atoms with van der Waals surface area (Å²) in [7, 11) is 0. The molecule has 0 aliphatic carbocycles. The highest BCUT2D eigenvalue weighted by Gasteiger charge is 2.22. The molecular formula is C14H18F2N2O. The largest absolute Gasteiger partial charge is 0.334 e. The molecule has 2 amide bonds. The van der Waals surface area contributed by atoms with E-state index in [2.05, 4.69) is 5.32 Å². The van der Waals surface area contributed by atoms with Crippen molar-refractivity contribution < 1.29 is 13.6 Å². The molecule has 0 spiro atoms. The maximum Gasteiger partial charge on any atom is 0.317 e. The number of nitrogens with one attached hydrogen (secondary N) is 1. The number of benzene rings is 1. The first-order valence-corrected chi connectivity index (χ1v) is 6.56. The number of hydrogen-bond acceptors (Lipinski definition) is 1. The normalized spacial score (nSPS) is 19.3. The van der Waals surface area contributed by atoms with Gasteiger partial charge in [-0.05, 0) is 44.4 Å². The van der Waals surface area contributed by atoms with Crippen LogP contribution >= 0.6 is 0 Å². The number of hydrogen-bond donors (Lipinski definition) is 1. The minimum Gasteiger partial charge on any atom is -0.334 e. The Bertz CT molecular complexity index is 465. The number of likely N-dealkylation sites (tertiary alicyclic amines) is 1. The highest BCUT2D eigenvalue weighted by atomic mass is 19.1. The van der Waals surface area contributed by atoms with E-state index in [4.69, 9.17) is 0 Å². The minimum atomic E-state index is -0.506. The third kappa shape index (κ3) is 3.43. The van der Waals surface area contributed by atoms with Crippen LogP contribution < -0.4 is 5.32 Å². The van der Waals surface area contributed by atoms with Gasteiger partial charge in [-0.2, -0.15) is 0 Å². The van der Waals surface area contributed by atoms with Crippen molar-refractivity contribution >= 4 is 6.03 Å². The van der Waals surface area contributed by atoms with Crippen LogP contribution in [0.2, 0.25) is 0 Å². The molecule has 1 aliphatic rings. The lowest BCUT2D eigenvalue weighted by molar-refractivity contribution is 0.157. The molecule has 1 aromatic rings. The third-order valence-corrected chi connectivity index (χ3v) is 3.50. The average molecular weight is 268 g/mol. The Labute approximate surface area is 111 Å². The quantitative estimate of drug-likeness (QED) is 0.878. The molecule has 1 heterocycles. The summed E-state index contributed by atoms with van der Waals surface area (Å²) >= 11 is 0. The standard InChI is InChI=1S/C14H18F2N2O/c1-10-4-2-3-7-18(10)14(19)17-9-11-8-12(15)5-6-13(11)16/h5-6,8,10H,2-4,7,9H2,1H3,(H,17,19). The summed E-state index contributed by atoms with van der Waals surface area (Å²) in [5.41, 5.74) is 0.165. The van der Waals surface area contributed by atoms with E-state index in [1.54, 1.807) is 4.90 Å². The first-order valence-electron chi connectivity index (χ1n) is 6.56. The fraction of sp³-hybridized carbons (Fsp3) is 0.500. The summed E-state index contributed by atoms with van der Waals surface area (Å²) in [5, 5.41) is 2.65. The Balaban J connectivity index is 1.94. The van der Waals surface area contributed by atoms with E-state index in [9.17, 15) is 13.6 Å². The topological polar surface area (TPSA) is 32.3 Å². The van der Waals surface area contributed by atoms with Crippen LogP contribution in [-0.2, 0) is 6.54 Å². The maximum absolute atomic E-state index is 13.4. The Morgan fingerprint density at radius 2 is 2.21 bits per heavy atom. The molecular weight excluding hydrogens is 250 g/mol. The third-order valence-electron chi connectivity index (χ3n) is 3.50. The number of amides is 2. The molecule has 3 nitrogen and oxygen atoms in total. The van der Waals surface area contributed by atoms with Gasteiger partial charge in [0.15, 0.2) is 0 Å². The zero-order valence-electron chi connectivity index (χ0n) is 11.0. The minimum absolute atomic E-state index is 0.00560. The van der Waals surface area contributed by atoms with Gasteiger partial charge in [-0.25, -0.2) is 13.6 Å². The first kappa shape index (κ1) is 13.8. The molecule has 0 bridgehead atoms. The Morgan fingerprint density at radius 1 is 1.42 bits per heavy atom. The molecule has 19 heavy (non-hydrogen) atoms. The van der Waals surface area contributed by atoms with Crippen molar-refractivity contribution in [1.82, 2.24) is 10.2 Å². The summed E-state index contributed by atoms with van der Waals surface area (Å²) in [6.45, 7) is 2.73. The number of piperidine rings is 1. The smallest absolute Gasteiger partial charge is 0.317 e. The number of carbonyl (C=O) groups excluding carboxylic acids is 1. The van der Waals surface area contributed by atoms with Gasteiger partial charge >= 0.3 is 6.03 Å². The van der Waals surface area contributed by atoms with E-state index >= 15 is 0 Å². The van der Waals surface area contributed by atoms with E-state index in [1.165, 1.54) is 0 Å². The van der Waals surface area contributed by atoms with Gasteiger partial charge in [0.1, 0.15) is 11.6 Å². The van der Waals surface area contributed by atoms with Crippen molar-refractivity contribution in [1.29, 1.82) is 0 Å². The molecule has 1 aliphatic heterocycles. The molecule has 1 unspecified atom stereocenters. The first-order chi connectivity index (χ1) is 9.08. The molecule has 0 aromatic heterocycles.